The Labute approximate surface area is 418 Å². The highest BCUT2D eigenvalue weighted by Gasteiger charge is 2.23. The topological polar surface area (TPSA) is 428 Å². The second kappa shape index (κ2) is 22.1. The van der Waals surface area contributed by atoms with Gasteiger partial charge in [0.15, 0.2) is 0 Å². The fourth-order valence-corrected chi connectivity index (χ4v) is 9.35. The van der Waals surface area contributed by atoms with E-state index < -0.39 is 71.5 Å². The SMILES string of the molecule is N=CONc1cc(Cc2nc(Cl)nc(Cc3ccc(S(=O)(=O)O)c(Nc4nc(Cl)nc(Cc5cccc(S(=O)(=O)O)c5)n4)c3)n2)ccc1N=Nc1cc2c(S(=O)(=O)O)cccc2cc1S(=O)(=O)O.O=S(=O)=O. The van der Waals surface area contributed by atoms with Crippen molar-refractivity contribution in [2.75, 3.05) is 10.8 Å². The molecular weight excluding hydrogens is 1100 g/mol. The average Bonchev–Trinajstić information content (AvgIpc) is 3.25. The molecule has 0 amide bonds. The minimum absolute atomic E-state index is 0.00621. The fourth-order valence-electron chi connectivity index (χ4n) is 6.45. The summed E-state index contributed by atoms with van der Waals surface area (Å²) in [5.41, 5.74) is 3.09. The van der Waals surface area contributed by atoms with E-state index in [1.807, 2.05) is 0 Å². The molecule has 0 radical (unpaired) electrons. The van der Waals surface area contributed by atoms with Crippen molar-refractivity contribution in [3.8, 4) is 0 Å². The van der Waals surface area contributed by atoms with Crippen LogP contribution >= 0.6 is 23.2 Å². The minimum Gasteiger partial charge on any atom is -0.370 e. The Hall–Kier alpha value is -7.11. The highest BCUT2D eigenvalue weighted by molar-refractivity contribution is 7.86. The van der Waals surface area contributed by atoms with Crippen LogP contribution in [0.2, 0.25) is 10.6 Å². The molecule has 0 saturated heterocycles. The summed E-state index contributed by atoms with van der Waals surface area (Å²) in [6.07, 6.45) is 0.379. The number of aromatic nitrogens is 6. The van der Waals surface area contributed by atoms with Crippen LogP contribution in [0.3, 0.4) is 0 Å². The molecule has 0 aliphatic carbocycles. The Morgan fingerprint density at radius 2 is 1.10 bits per heavy atom. The summed E-state index contributed by atoms with van der Waals surface area (Å²) in [5.74, 6) is 0.0210. The van der Waals surface area contributed by atoms with Gasteiger partial charge in [-0.05, 0) is 99.9 Å². The van der Waals surface area contributed by atoms with Gasteiger partial charge in [-0.2, -0.15) is 43.6 Å². The standard InChI is InChI=1S/C38H29Cl2N11O13S4.O3S/c39-36-44-33(15-21-7-9-26(27(12-21)51-64-19-41)49-50-29-18-25-23(17-32(29)68(61,62)63)4-2-6-30(25)66(55,56)57)43-34(45-36)16-22-8-10-31(67(58,59)60)28(13-22)42-38-47-35(46-37(40)48-38)14-20-3-1-5-24(11-20)65(52,53)54;1-4(2)3/h1-13,17-19,41,51H,14-16H2,(H,52,53,54)(H,55,56,57)(H,58,59,60)(H,61,62,63)(H,42,46,47,48);. The monoisotopic (exact) mass is 1120 g/mol. The molecule has 0 atom stereocenters. The molecule has 72 heavy (non-hydrogen) atoms. The molecule has 2 aromatic heterocycles. The van der Waals surface area contributed by atoms with Gasteiger partial charge in [-0.15, -0.1) is 22.9 Å². The van der Waals surface area contributed by atoms with Crippen LogP contribution < -0.4 is 10.8 Å². The molecule has 7 N–H and O–H groups in total. The van der Waals surface area contributed by atoms with Crippen LogP contribution in [-0.4, -0.2) is 101 Å². The zero-order valence-corrected chi connectivity index (χ0v) is 41.0. The van der Waals surface area contributed by atoms with E-state index in [0.717, 1.165) is 24.3 Å². The number of nitrogens with one attached hydrogen (secondary N) is 3. The van der Waals surface area contributed by atoms with Crippen molar-refractivity contribution in [3.05, 3.63) is 136 Å². The van der Waals surface area contributed by atoms with Crippen molar-refractivity contribution < 1.29 is 69.3 Å². The number of hydrogen-bond donors (Lipinski definition) is 7. The van der Waals surface area contributed by atoms with Gasteiger partial charge in [0, 0.05) is 24.6 Å². The van der Waals surface area contributed by atoms with Crippen LogP contribution in [0.15, 0.2) is 121 Å². The van der Waals surface area contributed by atoms with Gasteiger partial charge in [0.1, 0.15) is 43.5 Å². The van der Waals surface area contributed by atoms with Crippen LogP contribution in [0.5, 0.6) is 0 Å². The summed E-state index contributed by atoms with van der Waals surface area (Å²) >= 11 is 12.5. The van der Waals surface area contributed by atoms with E-state index >= 15 is 0 Å². The zero-order valence-electron chi connectivity index (χ0n) is 35.4. The molecule has 34 heteroatoms. The van der Waals surface area contributed by atoms with E-state index in [4.69, 9.17) is 46.1 Å². The van der Waals surface area contributed by atoms with Crippen molar-refractivity contribution in [1.82, 2.24) is 29.9 Å². The lowest BCUT2D eigenvalue weighted by molar-refractivity contribution is 0.409. The Morgan fingerprint density at radius 3 is 1.68 bits per heavy atom. The lowest BCUT2D eigenvalue weighted by atomic mass is 10.1. The molecule has 0 aliphatic rings. The van der Waals surface area contributed by atoms with Gasteiger partial charge >= 0.3 is 10.6 Å². The van der Waals surface area contributed by atoms with E-state index in [9.17, 15) is 51.9 Å². The summed E-state index contributed by atoms with van der Waals surface area (Å²) in [5, 5.41) is 17.4. The molecule has 2 heterocycles. The first kappa shape index (κ1) is 54.2. The summed E-state index contributed by atoms with van der Waals surface area (Å²) < 4.78 is 161. The van der Waals surface area contributed by atoms with Crippen molar-refractivity contribution in [2.24, 2.45) is 10.2 Å². The summed E-state index contributed by atoms with van der Waals surface area (Å²) in [7, 11) is -22.2. The molecule has 376 valence electrons. The number of fused-ring (bicyclic) bond motifs is 1. The quantitative estimate of drug-likeness (QED) is 0.0198. The molecule has 0 saturated carbocycles. The molecule has 0 unspecified atom stereocenters. The molecular formula is C38H29Cl2N11O16S5. The van der Waals surface area contributed by atoms with Crippen LogP contribution in [0.4, 0.5) is 28.7 Å². The smallest absolute Gasteiger partial charge is 0.370 e. The molecule has 0 bridgehead atoms. The van der Waals surface area contributed by atoms with Crippen LogP contribution in [0.1, 0.15) is 34.2 Å². The predicted molar refractivity (Wildman–Crippen MR) is 251 cm³/mol. The Kier molecular flexibility index (Phi) is 16.7. The molecule has 7 rings (SSSR count). The van der Waals surface area contributed by atoms with Gasteiger partial charge in [-0.3, -0.25) is 23.6 Å². The van der Waals surface area contributed by atoms with E-state index in [2.05, 4.69) is 50.9 Å². The Morgan fingerprint density at radius 1 is 0.569 bits per heavy atom. The lowest BCUT2D eigenvalue weighted by Gasteiger charge is -2.13. The van der Waals surface area contributed by atoms with E-state index in [-0.39, 0.29) is 86.0 Å². The average molecular weight is 1130 g/mol. The van der Waals surface area contributed by atoms with Crippen LogP contribution in [0.25, 0.3) is 10.8 Å². The summed E-state index contributed by atoms with van der Waals surface area (Å²) in [6, 6.07) is 19.2. The third kappa shape index (κ3) is 14.7. The summed E-state index contributed by atoms with van der Waals surface area (Å²) in [4.78, 5) is 27.9. The van der Waals surface area contributed by atoms with Gasteiger partial charge in [-0.1, -0.05) is 36.4 Å². The van der Waals surface area contributed by atoms with Gasteiger partial charge in [0.2, 0.25) is 22.9 Å². The van der Waals surface area contributed by atoms with Gasteiger partial charge in [0.25, 0.3) is 40.5 Å². The van der Waals surface area contributed by atoms with Crippen molar-refractivity contribution >= 4 is 120 Å². The zero-order chi connectivity index (χ0) is 52.8. The van der Waals surface area contributed by atoms with Gasteiger partial charge < -0.3 is 10.2 Å². The number of nitrogens with zero attached hydrogens (tertiary/aromatic N) is 8. The summed E-state index contributed by atoms with van der Waals surface area (Å²) in [6.45, 7) is 0. The maximum atomic E-state index is 12.4. The van der Waals surface area contributed by atoms with E-state index in [0.29, 0.717) is 23.1 Å². The number of benzene rings is 5. The van der Waals surface area contributed by atoms with Crippen molar-refractivity contribution in [2.45, 2.75) is 38.8 Å². The lowest BCUT2D eigenvalue weighted by Crippen LogP contribution is -2.09. The molecule has 7 aromatic rings. The molecule has 0 spiro atoms. The Bertz CT molecular complexity index is 3910. The predicted octanol–water partition coefficient (Wildman–Crippen LogP) is 5.38. The second-order valence-corrected chi connectivity index (χ2v) is 20.9. The fraction of sp³-hybridized carbons (Fsp3) is 0.0789. The van der Waals surface area contributed by atoms with Crippen molar-refractivity contribution in [3.63, 3.8) is 0 Å². The highest BCUT2D eigenvalue weighted by Crippen LogP contribution is 2.36. The van der Waals surface area contributed by atoms with E-state index in [1.54, 1.807) is 12.1 Å². The largest absolute Gasteiger partial charge is 0.425 e. The molecule has 0 aliphatic heterocycles. The third-order valence-corrected chi connectivity index (χ3v) is 13.1. The first-order chi connectivity index (χ1) is 33.7. The second-order valence-electron chi connectivity index (χ2n) is 14.2. The number of halogens is 2. The first-order valence-electron chi connectivity index (χ1n) is 19.1. The maximum Gasteiger partial charge on any atom is 0.425 e. The Balaban J connectivity index is 0.00000204. The normalized spacial score (nSPS) is 12.0. The van der Waals surface area contributed by atoms with Crippen molar-refractivity contribution in [1.29, 1.82) is 5.41 Å². The minimum atomic E-state index is -4.94. The maximum absolute atomic E-state index is 12.4. The number of rotatable bonds is 17. The van der Waals surface area contributed by atoms with Gasteiger partial charge in [0.05, 0.1) is 16.3 Å². The van der Waals surface area contributed by atoms with E-state index in [1.165, 1.54) is 54.6 Å². The molecule has 27 nitrogen and oxygen atoms in total. The molecule has 5 aromatic carbocycles. The number of hydrogen-bond acceptors (Lipinski definition) is 23. The molecule has 0 fully saturated rings. The first-order valence-corrected chi connectivity index (χ1v) is 26.7. The number of azo groups is 1. The van der Waals surface area contributed by atoms with Crippen LogP contribution in [-0.2, 0) is 75.2 Å². The highest BCUT2D eigenvalue weighted by atomic mass is 35.5. The third-order valence-electron chi connectivity index (χ3n) is 9.24. The number of anilines is 3. The van der Waals surface area contributed by atoms with Gasteiger partial charge in [-0.25, -0.2) is 25.4 Å². The van der Waals surface area contributed by atoms with Crippen LogP contribution in [0, 0.1) is 5.41 Å².